The van der Waals surface area contributed by atoms with Crippen molar-refractivity contribution in [3.63, 3.8) is 0 Å². The van der Waals surface area contributed by atoms with E-state index in [9.17, 15) is 32.1 Å². The van der Waals surface area contributed by atoms with Crippen LogP contribution >= 0.6 is 0 Å². The highest BCUT2D eigenvalue weighted by Gasteiger charge is 2.35. The van der Waals surface area contributed by atoms with E-state index in [-0.39, 0.29) is 38.4 Å². The van der Waals surface area contributed by atoms with Gasteiger partial charge in [-0.15, -0.1) is 0 Å². The molecule has 0 aromatic heterocycles. The molecule has 174 valence electrons. The molecule has 0 aromatic rings. The summed E-state index contributed by atoms with van der Waals surface area (Å²) in [7, 11) is -3.34. The standard InChI is InChI=1S/C18H30O11S/c1-14(19)7-8-16(20)27-10-5-6-11-28-17(21)13-15(30(23,24)25)18(22)29-12-4-3-9-26-2/h15H,3-13H2,1-2H3,(H,23,24,25). The zero-order valence-electron chi connectivity index (χ0n) is 17.3. The number of hydrogen-bond acceptors (Lipinski definition) is 10. The smallest absolute Gasteiger partial charge is 0.327 e. The minimum Gasteiger partial charge on any atom is -0.466 e. The van der Waals surface area contributed by atoms with Crippen molar-refractivity contribution < 1.29 is 51.1 Å². The Bertz CT molecular complexity index is 657. The average Bonchev–Trinajstić information content (AvgIpc) is 2.65. The highest BCUT2D eigenvalue weighted by atomic mass is 32.2. The van der Waals surface area contributed by atoms with Crippen LogP contribution in [0.25, 0.3) is 0 Å². The van der Waals surface area contributed by atoms with Gasteiger partial charge in [-0.3, -0.25) is 18.9 Å². The maximum absolute atomic E-state index is 11.9. The summed E-state index contributed by atoms with van der Waals surface area (Å²) >= 11 is 0. The number of methoxy groups -OCH3 is 1. The van der Waals surface area contributed by atoms with Gasteiger partial charge >= 0.3 is 17.9 Å². The van der Waals surface area contributed by atoms with E-state index in [1.54, 1.807) is 0 Å². The van der Waals surface area contributed by atoms with E-state index in [0.29, 0.717) is 32.3 Å². The van der Waals surface area contributed by atoms with Gasteiger partial charge in [0.25, 0.3) is 10.1 Å². The van der Waals surface area contributed by atoms with Gasteiger partial charge in [0.05, 0.1) is 32.7 Å². The second-order valence-electron chi connectivity index (χ2n) is 6.43. The Hall–Kier alpha value is -2.05. The highest BCUT2D eigenvalue weighted by molar-refractivity contribution is 7.87. The molecular formula is C18H30O11S. The molecule has 30 heavy (non-hydrogen) atoms. The van der Waals surface area contributed by atoms with Gasteiger partial charge in [-0.25, -0.2) is 0 Å². The van der Waals surface area contributed by atoms with Crippen LogP contribution in [0.15, 0.2) is 0 Å². The molecule has 1 N–H and O–H groups in total. The number of esters is 3. The fourth-order valence-electron chi connectivity index (χ4n) is 2.06. The van der Waals surface area contributed by atoms with Crippen molar-refractivity contribution in [2.45, 2.75) is 57.1 Å². The summed E-state index contributed by atoms with van der Waals surface area (Å²) in [6.45, 7) is 1.74. The topological polar surface area (TPSA) is 160 Å². The summed E-state index contributed by atoms with van der Waals surface area (Å²) in [6, 6.07) is 0. The molecule has 0 fully saturated rings. The zero-order chi connectivity index (χ0) is 23.0. The second kappa shape index (κ2) is 15.7. The monoisotopic (exact) mass is 454 g/mol. The van der Waals surface area contributed by atoms with Crippen molar-refractivity contribution in [2.24, 2.45) is 0 Å². The largest absolute Gasteiger partial charge is 0.466 e. The highest BCUT2D eigenvalue weighted by Crippen LogP contribution is 2.10. The van der Waals surface area contributed by atoms with Gasteiger partial charge in [-0.05, 0) is 32.6 Å². The third kappa shape index (κ3) is 14.9. The Labute approximate surface area is 176 Å². The molecule has 1 unspecified atom stereocenters. The predicted octanol–water partition coefficient (Wildman–Crippen LogP) is 0.839. The van der Waals surface area contributed by atoms with Gasteiger partial charge in [0, 0.05) is 20.1 Å². The molecule has 0 amide bonds. The van der Waals surface area contributed by atoms with Crippen LogP contribution in [0.1, 0.15) is 51.9 Å². The predicted molar refractivity (Wildman–Crippen MR) is 103 cm³/mol. The average molecular weight is 454 g/mol. The summed E-state index contributed by atoms with van der Waals surface area (Å²) in [4.78, 5) is 45.7. The fraction of sp³-hybridized carbons (Fsp3) is 0.778. The van der Waals surface area contributed by atoms with E-state index in [1.807, 2.05) is 0 Å². The Balaban J connectivity index is 4.16. The minimum atomic E-state index is -4.85. The van der Waals surface area contributed by atoms with E-state index in [1.165, 1.54) is 14.0 Å². The number of hydrogen-bond donors (Lipinski definition) is 1. The first-order valence-electron chi connectivity index (χ1n) is 9.50. The van der Waals surface area contributed by atoms with Gasteiger partial charge in [-0.2, -0.15) is 8.42 Å². The first kappa shape index (κ1) is 27.9. The van der Waals surface area contributed by atoms with Crippen molar-refractivity contribution in [3.8, 4) is 0 Å². The SMILES string of the molecule is COCCCCOC(=O)C(CC(=O)OCCCCOC(=O)CCC(C)=O)S(=O)(=O)O. The molecule has 12 heteroatoms. The summed E-state index contributed by atoms with van der Waals surface area (Å²) in [6.07, 6.45) is 0.965. The minimum absolute atomic E-state index is 0.00379. The van der Waals surface area contributed by atoms with E-state index in [0.717, 1.165) is 0 Å². The third-order valence-electron chi connectivity index (χ3n) is 3.71. The quantitative estimate of drug-likeness (QED) is 0.143. The molecule has 11 nitrogen and oxygen atoms in total. The summed E-state index contributed by atoms with van der Waals surface area (Å²) < 4.78 is 51.3. The Morgan fingerprint density at radius 3 is 1.80 bits per heavy atom. The van der Waals surface area contributed by atoms with Gasteiger partial charge in [0.1, 0.15) is 5.78 Å². The normalized spacial score (nSPS) is 12.1. The van der Waals surface area contributed by atoms with Crippen LogP contribution in [0.3, 0.4) is 0 Å². The lowest BCUT2D eigenvalue weighted by Gasteiger charge is -2.13. The Kier molecular flexibility index (Phi) is 14.7. The van der Waals surface area contributed by atoms with E-state index >= 15 is 0 Å². The number of ether oxygens (including phenoxy) is 4. The van der Waals surface area contributed by atoms with Crippen LogP contribution in [0.2, 0.25) is 0 Å². The van der Waals surface area contributed by atoms with E-state index in [4.69, 9.17) is 18.9 Å². The van der Waals surface area contributed by atoms with Gasteiger partial charge < -0.3 is 23.7 Å². The molecule has 0 saturated carbocycles. The van der Waals surface area contributed by atoms with Crippen molar-refractivity contribution in [1.29, 1.82) is 0 Å². The maximum Gasteiger partial charge on any atom is 0.327 e. The molecule has 0 aromatic carbocycles. The number of Topliss-reactive ketones (excluding diaryl/α,β-unsaturated/α-hetero) is 1. The molecule has 0 heterocycles. The third-order valence-corrected chi connectivity index (χ3v) is 4.79. The molecule has 0 aliphatic heterocycles. The van der Waals surface area contributed by atoms with Crippen molar-refractivity contribution in [2.75, 3.05) is 33.5 Å². The number of unbranched alkanes of at least 4 members (excludes halogenated alkanes) is 2. The first-order chi connectivity index (χ1) is 14.1. The van der Waals surface area contributed by atoms with Crippen molar-refractivity contribution in [1.82, 2.24) is 0 Å². The number of rotatable bonds is 17. The molecule has 0 bridgehead atoms. The van der Waals surface area contributed by atoms with Crippen molar-refractivity contribution >= 4 is 33.8 Å². The second-order valence-corrected chi connectivity index (χ2v) is 8.02. The number of ketones is 1. The number of carbonyl (C=O) groups is 4. The zero-order valence-corrected chi connectivity index (χ0v) is 18.1. The number of carbonyl (C=O) groups excluding carboxylic acids is 4. The van der Waals surface area contributed by atoms with Gasteiger partial charge in [0.15, 0.2) is 5.25 Å². The Morgan fingerprint density at radius 2 is 1.30 bits per heavy atom. The molecule has 0 rings (SSSR count). The molecule has 0 aliphatic rings. The van der Waals surface area contributed by atoms with Gasteiger partial charge in [0.2, 0.25) is 0 Å². The van der Waals surface area contributed by atoms with Crippen LogP contribution in [0.4, 0.5) is 0 Å². The lowest BCUT2D eigenvalue weighted by Crippen LogP contribution is -2.34. The lowest BCUT2D eigenvalue weighted by molar-refractivity contribution is -0.150. The lowest BCUT2D eigenvalue weighted by atomic mass is 10.2. The molecular weight excluding hydrogens is 424 g/mol. The molecule has 0 radical (unpaired) electrons. The van der Waals surface area contributed by atoms with Crippen molar-refractivity contribution in [3.05, 3.63) is 0 Å². The molecule has 0 saturated heterocycles. The van der Waals surface area contributed by atoms with Crippen LogP contribution in [0.5, 0.6) is 0 Å². The van der Waals surface area contributed by atoms with E-state index in [2.05, 4.69) is 0 Å². The maximum atomic E-state index is 11.9. The molecule has 0 aliphatic carbocycles. The van der Waals surface area contributed by atoms with Crippen LogP contribution in [-0.4, -0.2) is 75.4 Å². The van der Waals surface area contributed by atoms with Crippen LogP contribution in [0, 0.1) is 0 Å². The van der Waals surface area contributed by atoms with Crippen LogP contribution in [-0.2, 0) is 48.2 Å². The van der Waals surface area contributed by atoms with Crippen LogP contribution < -0.4 is 0 Å². The Morgan fingerprint density at radius 1 is 0.800 bits per heavy atom. The summed E-state index contributed by atoms with van der Waals surface area (Å²) in [5.74, 6) is -2.84. The fourth-order valence-corrected chi connectivity index (χ4v) is 2.72. The first-order valence-corrected chi connectivity index (χ1v) is 11.0. The summed E-state index contributed by atoms with van der Waals surface area (Å²) in [5.41, 5.74) is 0. The molecule has 1 atom stereocenters. The van der Waals surface area contributed by atoms with Gasteiger partial charge in [-0.1, -0.05) is 0 Å². The molecule has 0 spiro atoms. The van der Waals surface area contributed by atoms with E-state index < -0.39 is 39.7 Å². The summed E-state index contributed by atoms with van der Waals surface area (Å²) in [5, 5.41) is -2.06.